The van der Waals surface area contributed by atoms with Crippen molar-refractivity contribution >= 4 is 56.0 Å². The van der Waals surface area contributed by atoms with Gasteiger partial charge >= 0.3 is 5.97 Å². The summed E-state index contributed by atoms with van der Waals surface area (Å²) in [5.74, 6) is 0.0207. The largest absolute Gasteiger partial charge is 0.469 e. The molecule has 0 fully saturated rings. The van der Waals surface area contributed by atoms with Gasteiger partial charge in [0, 0.05) is 40.5 Å². The second kappa shape index (κ2) is 11.6. The van der Waals surface area contributed by atoms with Gasteiger partial charge in [-0.15, -0.1) is 0 Å². The Morgan fingerprint density at radius 1 is 1.08 bits per heavy atom. The first-order chi connectivity index (χ1) is 23.6. The zero-order valence-corrected chi connectivity index (χ0v) is 27.6. The molecule has 2 aromatic heterocycles. The van der Waals surface area contributed by atoms with Crippen molar-refractivity contribution in [3.05, 3.63) is 100 Å². The number of carbonyl (C=O) groups excluding carboxylic acids is 3. The fourth-order valence-electron chi connectivity index (χ4n) is 6.85. The molecule has 8 N–H and O–H groups in total. The summed E-state index contributed by atoms with van der Waals surface area (Å²) >= 11 is 3.68. The second-order valence-corrected chi connectivity index (χ2v) is 13.0. The maximum absolute atomic E-state index is 13.9. The Morgan fingerprint density at radius 2 is 1.92 bits per heavy atom. The molecule has 0 radical (unpaired) electrons. The molecule has 5 heterocycles. The predicted octanol–water partition coefficient (Wildman–Crippen LogP) is 3.77. The van der Waals surface area contributed by atoms with Crippen LogP contribution in [0.3, 0.4) is 0 Å². The molecular weight excluding hydrogens is 694 g/mol. The van der Waals surface area contributed by atoms with Crippen LogP contribution >= 0.6 is 15.9 Å². The van der Waals surface area contributed by atoms with Crippen LogP contribution in [0.1, 0.15) is 35.9 Å². The maximum Gasteiger partial charge on any atom is 0.308 e. The summed E-state index contributed by atoms with van der Waals surface area (Å²) in [7, 11) is 0. The van der Waals surface area contributed by atoms with Crippen molar-refractivity contribution in [1.82, 2.24) is 20.6 Å². The quantitative estimate of drug-likeness (QED) is 0.0901. The number of aromatic amines is 1. The summed E-state index contributed by atoms with van der Waals surface area (Å²) in [6.45, 7) is 1.33. The second-order valence-electron chi connectivity index (χ2n) is 12.2. The normalized spacial score (nSPS) is 22.3. The summed E-state index contributed by atoms with van der Waals surface area (Å²) in [5.41, 5.74) is 16.1. The van der Waals surface area contributed by atoms with E-state index in [-0.39, 0.29) is 23.9 Å². The van der Waals surface area contributed by atoms with Crippen LogP contribution in [-0.4, -0.2) is 46.2 Å². The van der Waals surface area contributed by atoms with E-state index in [1.165, 1.54) is 6.92 Å². The number of fused-ring (bicyclic) bond motifs is 3. The lowest BCUT2D eigenvalue weighted by molar-refractivity contribution is -0.131. The number of aryl methyl sites for hydroxylation is 1. The van der Waals surface area contributed by atoms with Crippen molar-refractivity contribution in [3.63, 3.8) is 0 Å². The number of ether oxygens (including phenoxy) is 2. The van der Waals surface area contributed by atoms with Gasteiger partial charge in [0.15, 0.2) is 17.7 Å². The number of halogens is 1. The fourth-order valence-corrected chi connectivity index (χ4v) is 7.33. The highest BCUT2D eigenvalue weighted by molar-refractivity contribution is 9.10. The van der Waals surface area contributed by atoms with Crippen LogP contribution in [0, 0.1) is 0 Å². The zero-order chi connectivity index (χ0) is 34.0. The standard InChI is InChI=1S/C35H30BrN7O6/c1-16(44)47-25-7-2-4-18-19(14-39-28(18)25)26-15-40-33(48-26)23-13-35-20-5-3-6-22(36)29(20)43-34(35)49-24-10-8-17(12-21(24)35)9-11-27(45)42-30(31(37)38)32(46)41-23/h2-8,10,12-15,30-31,34,39,43H,9,11,37-38H2,1H3,(H,41,46)(H,42,45)/b23-13+. The summed E-state index contributed by atoms with van der Waals surface area (Å²) in [4.78, 5) is 46.4. The van der Waals surface area contributed by atoms with Crippen molar-refractivity contribution in [2.24, 2.45) is 11.5 Å². The summed E-state index contributed by atoms with van der Waals surface area (Å²) in [6.07, 6.45) is 3.87. The van der Waals surface area contributed by atoms with Gasteiger partial charge < -0.3 is 46.3 Å². The molecule has 14 heteroatoms. The van der Waals surface area contributed by atoms with E-state index in [0.29, 0.717) is 34.8 Å². The maximum atomic E-state index is 13.9. The highest BCUT2D eigenvalue weighted by Gasteiger charge is 2.55. The number of hydrogen-bond donors (Lipinski definition) is 6. The summed E-state index contributed by atoms with van der Waals surface area (Å²) < 4.78 is 19.1. The lowest BCUT2D eigenvalue weighted by atomic mass is 9.74. The van der Waals surface area contributed by atoms with Crippen LogP contribution in [0.2, 0.25) is 0 Å². The molecule has 248 valence electrons. The lowest BCUT2D eigenvalue weighted by Gasteiger charge is -2.27. The third kappa shape index (κ3) is 5.07. The number of amides is 2. The van der Waals surface area contributed by atoms with Crippen LogP contribution in [0.25, 0.3) is 27.9 Å². The van der Waals surface area contributed by atoms with E-state index in [1.54, 1.807) is 24.5 Å². The van der Waals surface area contributed by atoms with E-state index in [2.05, 4.69) is 41.8 Å². The van der Waals surface area contributed by atoms with E-state index < -0.39 is 35.7 Å². The molecule has 3 unspecified atom stereocenters. The van der Waals surface area contributed by atoms with Gasteiger partial charge in [0.05, 0.1) is 23.6 Å². The molecule has 3 aromatic carbocycles. The number of rotatable bonds is 4. The van der Waals surface area contributed by atoms with Gasteiger partial charge in [-0.2, -0.15) is 0 Å². The molecule has 0 saturated heterocycles. The number of esters is 1. The average Bonchev–Trinajstić information content (AvgIpc) is 3.84. The Labute approximate surface area is 287 Å². The highest BCUT2D eigenvalue weighted by atomic mass is 79.9. The van der Waals surface area contributed by atoms with Gasteiger partial charge in [0.2, 0.25) is 17.7 Å². The molecule has 2 amide bonds. The summed E-state index contributed by atoms with van der Waals surface area (Å²) in [6, 6.07) is 15.8. The minimum absolute atomic E-state index is 0.0839. The molecule has 13 nitrogen and oxygen atoms in total. The first-order valence-electron chi connectivity index (χ1n) is 15.6. The van der Waals surface area contributed by atoms with Crippen molar-refractivity contribution in [3.8, 4) is 22.8 Å². The van der Waals surface area contributed by atoms with E-state index >= 15 is 0 Å². The molecule has 5 aromatic rings. The Hall–Kier alpha value is -5.44. The molecule has 0 saturated carbocycles. The van der Waals surface area contributed by atoms with Gasteiger partial charge in [-0.05, 0) is 57.8 Å². The van der Waals surface area contributed by atoms with Gasteiger partial charge in [0.25, 0.3) is 0 Å². The number of oxazole rings is 1. The van der Waals surface area contributed by atoms with Crippen LogP contribution in [0.4, 0.5) is 5.69 Å². The number of H-pyrrole nitrogens is 1. The van der Waals surface area contributed by atoms with Crippen LogP contribution in [-0.2, 0) is 26.2 Å². The number of para-hydroxylation sites is 2. The van der Waals surface area contributed by atoms with Crippen LogP contribution < -0.4 is 36.9 Å². The Morgan fingerprint density at radius 3 is 2.73 bits per heavy atom. The monoisotopic (exact) mass is 723 g/mol. The Bertz CT molecular complexity index is 2220. The number of aromatic nitrogens is 2. The topological polar surface area (TPSA) is 200 Å². The minimum atomic E-state index is -1.26. The van der Waals surface area contributed by atoms with E-state index in [4.69, 9.17) is 25.4 Å². The molecule has 49 heavy (non-hydrogen) atoms. The predicted molar refractivity (Wildman–Crippen MR) is 183 cm³/mol. The molecule has 3 aliphatic heterocycles. The van der Waals surface area contributed by atoms with E-state index in [0.717, 1.165) is 32.2 Å². The zero-order valence-electron chi connectivity index (χ0n) is 26.0. The molecule has 2 bridgehead atoms. The SMILES string of the molecule is CC(=O)Oc1cccc2c(-c3cnc(/C4=C\C56c7cc(ccc7OC5Nc5c(Br)cccc56)CCC(=O)NC(C(N)N)C(=O)N4)o3)c[nH]c12. The molecule has 0 aliphatic carbocycles. The fraction of sp³-hybridized carbons (Fsp3) is 0.200. The van der Waals surface area contributed by atoms with Crippen LogP contribution in [0.5, 0.6) is 11.5 Å². The van der Waals surface area contributed by atoms with Crippen LogP contribution in [0.15, 0.2) is 82.0 Å². The lowest BCUT2D eigenvalue weighted by Crippen LogP contribution is -2.59. The highest BCUT2D eigenvalue weighted by Crippen LogP contribution is 2.57. The Balaban J connectivity index is 1.33. The average molecular weight is 725 g/mol. The summed E-state index contributed by atoms with van der Waals surface area (Å²) in [5, 5.41) is 9.87. The number of anilines is 1. The smallest absolute Gasteiger partial charge is 0.308 e. The number of nitrogens with zero attached hydrogens (tertiary/aromatic N) is 1. The number of nitrogens with two attached hydrogens (primary N) is 2. The minimum Gasteiger partial charge on any atom is -0.469 e. The molecule has 8 rings (SSSR count). The number of benzene rings is 3. The van der Waals surface area contributed by atoms with Crippen molar-refractivity contribution in [1.29, 1.82) is 0 Å². The first-order valence-corrected chi connectivity index (χ1v) is 16.4. The van der Waals surface area contributed by atoms with E-state index in [9.17, 15) is 14.4 Å². The van der Waals surface area contributed by atoms with Gasteiger partial charge in [0.1, 0.15) is 22.9 Å². The molecule has 3 atom stereocenters. The number of nitrogens with one attached hydrogen (secondary N) is 4. The van der Waals surface area contributed by atoms with Gasteiger partial charge in [-0.3, -0.25) is 14.4 Å². The van der Waals surface area contributed by atoms with Crippen molar-refractivity contribution < 1.29 is 28.3 Å². The molecular formula is C35H30BrN7O6. The van der Waals surface area contributed by atoms with Crippen molar-refractivity contribution in [2.45, 2.75) is 43.6 Å². The van der Waals surface area contributed by atoms with Gasteiger partial charge in [-0.1, -0.05) is 36.4 Å². The number of carbonyl (C=O) groups is 3. The van der Waals surface area contributed by atoms with E-state index in [1.807, 2.05) is 48.5 Å². The molecule has 1 spiro atoms. The van der Waals surface area contributed by atoms with Crippen molar-refractivity contribution in [2.75, 3.05) is 5.32 Å². The molecule has 3 aliphatic rings. The van der Waals surface area contributed by atoms with Gasteiger partial charge in [-0.25, -0.2) is 4.98 Å². The third-order valence-electron chi connectivity index (χ3n) is 9.07. The third-order valence-corrected chi connectivity index (χ3v) is 9.73. The first kappa shape index (κ1) is 30.9. The Kier molecular flexibility index (Phi) is 7.32. The number of hydrogen-bond acceptors (Lipinski definition) is 10.